The van der Waals surface area contributed by atoms with Gasteiger partial charge in [0.2, 0.25) is 0 Å². The van der Waals surface area contributed by atoms with Crippen molar-refractivity contribution < 1.29 is 14.6 Å². The number of rotatable bonds is 1. The molecule has 0 spiro atoms. The van der Waals surface area contributed by atoms with E-state index in [1.807, 2.05) is 30.1 Å². The first kappa shape index (κ1) is 17.3. The molecule has 1 atom stereocenters. The molecule has 150 valence electrons. The number of aliphatic imine (C=N–C) groups is 1. The summed E-state index contributed by atoms with van der Waals surface area (Å²) in [4.78, 5) is 36.9. The summed E-state index contributed by atoms with van der Waals surface area (Å²) in [6.07, 6.45) is 1.88. The minimum Gasteiger partial charge on any atom is -0.458 e. The van der Waals surface area contributed by atoms with E-state index < -0.39 is 11.6 Å². The fourth-order valence-electron chi connectivity index (χ4n) is 4.79. The Kier molecular flexibility index (Phi) is 3.21. The molecule has 3 aliphatic heterocycles. The number of cyclic esters (lactones) is 1. The predicted molar refractivity (Wildman–Crippen MR) is 111 cm³/mol. The van der Waals surface area contributed by atoms with Crippen molar-refractivity contribution in [2.24, 2.45) is 4.99 Å². The largest absolute Gasteiger partial charge is 0.458 e. The van der Waals surface area contributed by atoms with Gasteiger partial charge in [0.05, 0.1) is 52.1 Å². The number of aromatic nitrogens is 2. The summed E-state index contributed by atoms with van der Waals surface area (Å²) in [7, 11) is 1.92. The lowest BCUT2D eigenvalue weighted by atomic mass is 9.86. The van der Waals surface area contributed by atoms with Crippen molar-refractivity contribution in [1.82, 2.24) is 9.55 Å². The van der Waals surface area contributed by atoms with E-state index >= 15 is 0 Å². The molecule has 5 heterocycles. The van der Waals surface area contributed by atoms with Gasteiger partial charge in [-0.1, -0.05) is 13.0 Å². The maximum Gasteiger partial charge on any atom is 0.343 e. The van der Waals surface area contributed by atoms with Crippen LogP contribution in [0.1, 0.15) is 30.0 Å². The van der Waals surface area contributed by atoms with Crippen LogP contribution in [0.5, 0.6) is 0 Å². The van der Waals surface area contributed by atoms with Gasteiger partial charge in [-0.2, -0.15) is 0 Å². The maximum absolute atomic E-state index is 13.3. The number of benzene rings is 1. The topological polar surface area (TPSA) is 97.0 Å². The first-order valence-corrected chi connectivity index (χ1v) is 9.84. The van der Waals surface area contributed by atoms with Crippen LogP contribution >= 0.6 is 0 Å². The SMILES string of the molecule is CC[C@@]1(O)C(=O)OCc2c1cc1n(c2=O)Cc2c-1nc1cccc3c1c2N(C)C=N3. The zero-order valence-corrected chi connectivity index (χ0v) is 16.5. The monoisotopic (exact) mass is 402 g/mol. The molecule has 2 aromatic heterocycles. The molecular formula is C22H18N4O4. The zero-order chi connectivity index (χ0) is 20.8. The minimum atomic E-state index is -1.83. The molecule has 3 aliphatic rings. The van der Waals surface area contributed by atoms with E-state index in [1.165, 1.54) is 0 Å². The van der Waals surface area contributed by atoms with Crippen molar-refractivity contribution in [3.05, 3.63) is 51.3 Å². The van der Waals surface area contributed by atoms with Crippen molar-refractivity contribution in [2.45, 2.75) is 32.1 Å². The van der Waals surface area contributed by atoms with Crippen LogP contribution in [0.2, 0.25) is 0 Å². The highest BCUT2D eigenvalue weighted by Gasteiger charge is 2.45. The van der Waals surface area contributed by atoms with Crippen molar-refractivity contribution in [1.29, 1.82) is 0 Å². The molecule has 8 heteroatoms. The number of carbonyl (C=O) groups excluding carboxylic acids is 1. The summed E-state index contributed by atoms with van der Waals surface area (Å²) in [5.74, 6) is -0.720. The molecule has 1 N–H and O–H groups in total. The van der Waals surface area contributed by atoms with Gasteiger partial charge in [-0.15, -0.1) is 0 Å². The molecule has 30 heavy (non-hydrogen) atoms. The van der Waals surface area contributed by atoms with Gasteiger partial charge in [0, 0.05) is 18.2 Å². The first-order chi connectivity index (χ1) is 14.4. The lowest BCUT2D eigenvalue weighted by molar-refractivity contribution is -0.172. The standard InChI is InChI=1S/C22H18N4O4/c1-3-22(29)13-7-16-18-11(8-26(16)20(27)12(13)9-30-21(22)28)19-17-14(23-10-25(19)2)5-4-6-15(17)24-18/h4-7,10,29H,3,8-9H2,1-2H3/t22-/m0/s1. The quantitative estimate of drug-likeness (QED) is 0.490. The van der Waals surface area contributed by atoms with Crippen LogP contribution in [0, 0.1) is 0 Å². The number of hydrogen-bond acceptors (Lipinski definition) is 7. The summed E-state index contributed by atoms with van der Waals surface area (Å²) >= 11 is 0. The molecule has 0 aliphatic carbocycles. The van der Waals surface area contributed by atoms with Crippen LogP contribution in [0.25, 0.3) is 22.3 Å². The van der Waals surface area contributed by atoms with E-state index in [-0.39, 0.29) is 18.6 Å². The minimum absolute atomic E-state index is 0.119. The van der Waals surface area contributed by atoms with Gasteiger partial charge in [0.15, 0.2) is 5.60 Å². The number of hydrogen-bond donors (Lipinski definition) is 1. The average Bonchev–Trinajstić information content (AvgIpc) is 3.12. The molecule has 0 fully saturated rings. The highest BCUT2D eigenvalue weighted by Crippen LogP contribution is 2.45. The maximum atomic E-state index is 13.3. The molecule has 8 nitrogen and oxygen atoms in total. The smallest absolute Gasteiger partial charge is 0.343 e. The number of fused-ring (bicyclic) bond motifs is 5. The molecule has 0 saturated carbocycles. The molecule has 0 radical (unpaired) electrons. The number of ether oxygens (including phenoxy) is 1. The van der Waals surface area contributed by atoms with Gasteiger partial charge in [-0.05, 0) is 24.6 Å². The summed E-state index contributed by atoms with van der Waals surface area (Å²) in [6, 6.07) is 7.51. The van der Waals surface area contributed by atoms with E-state index in [9.17, 15) is 14.7 Å². The van der Waals surface area contributed by atoms with Gasteiger partial charge in [0.25, 0.3) is 5.56 Å². The van der Waals surface area contributed by atoms with Crippen LogP contribution in [-0.2, 0) is 28.3 Å². The number of aliphatic hydroxyl groups is 1. The summed E-state index contributed by atoms with van der Waals surface area (Å²) in [5, 5.41) is 11.9. The lowest BCUT2D eigenvalue weighted by Crippen LogP contribution is -2.44. The number of carbonyl (C=O) groups is 1. The Balaban J connectivity index is 1.69. The Morgan fingerprint density at radius 2 is 2.10 bits per heavy atom. The van der Waals surface area contributed by atoms with Crippen LogP contribution in [0.3, 0.4) is 0 Å². The second kappa shape index (κ2) is 5.54. The highest BCUT2D eigenvalue weighted by atomic mass is 16.6. The fraction of sp³-hybridized carbons (Fsp3) is 0.273. The molecule has 0 saturated heterocycles. The van der Waals surface area contributed by atoms with Gasteiger partial charge in [0.1, 0.15) is 6.61 Å². The molecule has 0 bridgehead atoms. The second-order valence-electron chi connectivity index (χ2n) is 7.92. The van der Waals surface area contributed by atoms with Crippen molar-refractivity contribution >= 4 is 34.6 Å². The third-order valence-electron chi connectivity index (χ3n) is 6.39. The molecule has 3 aromatic rings. The van der Waals surface area contributed by atoms with Crippen molar-refractivity contribution in [3.8, 4) is 11.4 Å². The number of pyridine rings is 2. The third kappa shape index (κ3) is 1.94. The Labute approximate surface area is 171 Å². The molecule has 0 amide bonds. The van der Waals surface area contributed by atoms with Gasteiger partial charge >= 0.3 is 5.97 Å². The number of nitrogens with zero attached hydrogens (tertiary/aromatic N) is 4. The predicted octanol–water partition coefficient (Wildman–Crippen LogP) is 2.19. The molecule has 1 aromatic carbocycles. The second-order valence-corrected chi connectivity index (χ2v) is 7.92. The summed E-state index contributed by atoms with van der Waals surface area (Å²) in [6.45, 7) is 1.92. The van der Waals surface area contributed by atoms with Gasteiger partial charge < -0.3 is 19.3 Å². The van der Waals surface area contributed by atoms with Crippen LogP contribution in [-0.4, -0.2) is 34.0 Å². The van der Waals surface area contributed by atoms with E-state index in [0.717, 1.165) is 27.8 Å². The van der Waals surface area contributed by atoms with Crippen molar-refractivity contribution in [2.75, 3.05) is 11.9 Å². The van der Waals surface area contributed by atoms with E-state index in [4.69, 9.17) is 9.72 Å². The van der Waals surface area contributed by atoms with Crippen molar-refractivity contribution in [3.63, 3.8) is 0 Å². The molecule has 6 rings (SSSR count). The van der Waals surface area contributed by atoms with Crippen LogP contribution in [0.4, 0.5) is 11.4 Å². The fourth-order valence-corrected chi connectivity index (χ4v) is 4.79. The Morgan fingerprint density at radius 1 is 1.27 bits per heavy atom. The van der Waals surface area contributed by atoms with Gasteiger partial charge in [-0.25, -0.2) is 14.8 Å². The summed E-state index contributed by atoms with van der Waals surface area (Å²) < 4.78 is 6.79. The number of anilines is 1. The lowest BCUT2D eigenvalue weighted by Gasteiger charge is -2.31. The van der Waals surface area contributed by atoms with E-state index in [0.29, 0.717) is 29.1 Å². The normalized spacial score (nSPS) is 20.8. The highest BCUT2D eigenvalue weighted by molar-refractivity contribution is 6.10. The Hall–Kier alpha value is -3.52. The van der Waals surface area contributed by atoms with E-state index in [1.54, 1.807) is 23.9 Å². The third-order valence-corrected chi connectivity index (χ3v) is 6.39. The molecule has 0 unspecified atom stereocenters. The number of esters is 1. The van der Waals surface area contributed by atoms with Gasteiger partial charge in [-0.3, -0.25) is 4.79 Å². The first-order valence-electron chi connectivity index (χ1n) is 9.84. The van der Waals surface area contributed by atoms with E-state index in [2.05, 4.69) is 4.99 Å². The van der Waals surface area contributed by atoms with Crippen LogP contribution < -0.4 is 10.5 Å². The molecular weight excluding hydrogens is 384 g/mol. The summed E-state index contributed by atoms with van der Waals surface area (Å²) in [5.41, 5.74) is 3.38. The Morgan fingerprint density at radius 3 is 2.90 bits per heavy atom. The zero-order valence-electron chi connectivity index (χ0n) is 16.5. The Bertz CT molecular complexity index is 1390. The van der Waals surface area contributed by atoms with Crippen LogP contribution in [0.15, 0.2) is 34.1 Å². The average molecular weight is 402 g/mol.